The predicted molar refractivity (Wildman–Crippen MR) is 75.7 cm³/mol. The van der Waals surface area contributed by atoms with Gasteiger partial charge in [-0.25, -0.2) is 0 Å². The number of aromatic nitrogens is 1. The van der Waals surface area contributed by atoms with Crippen molar-refractivity contribution in [2.24, 2.45) is 5.73 Å². The van der Waals surface area contributed by atoms with Gasteiger partial charge in [0.2, 0.25) is 0 Å². The fourth-order valence-corrected chi connectivity index (χ4v) is 2.34. The van der Waals surface area contributed by atoms with Gasteiger partial charge in [0.1, 0.15) is 0 Å². The third-order valence-corrected chi connectivity index (χ3v) is 3.30. The van der Waals surface area contributed by atoms with Gasteiger partial charge in [0.05, 0.1) is 0 Å². The highest BCUT2D eigenvalue weighted by atomic mass is 35.5. The highest BCUT2D eigenvalue weighted by molar-refractivity contribution is 6.30. The largest absolute Gasteiger partial charge is 0.324 e. The second-order valence-electron chi connectivity index (χ2n) is 4.37. The topological polar surface area (TPSA) is 38.9 Å². The highest BCUT2D eigenvalue weighted by Gasteiger charge is 2.11. The van der Waals surface area contributed by atoms with Crippen LogP contribution in [-0.2, 0) is 12.8 Å². The van der Waals surface area contributed by atoms with Gasteiger partial charge in [0.15, 0.2) is 0 Å². The molecule has 0 amide bonds. The summed E-state index contributed by atoms with van der Waals surface area (Å²) in [6, 6.07) is 9.85. The maximum atomic E-state index is 6.28. The maximum absolute atomic E-state index is 6.28. The summed E-state index contributed by atoms with van der Waals surface area (Å²) in [6.07, 6.45) is 5.43. The molecule has 1 unspecified atom stereocenters. The lowest BCUT2D eigenvalue weighted by atomic mass is 9.96. The van der Waals surface area contributed by atoms with Crippen molar-refractivity contribution >= 4 is 11.6 Å². The van der Waals surface area contributed by atoms with E-state index < -0.39 is 0 Å². The zero-order valence-corrected chi connectivity index (χ0v) is 11.2. The van der Waals surface area contributed by atoms with Crippen LogP contribution in [0.2, 0.25) is 5.02 Å². The molecule has 2 nitrogen and oxygen atoms in total. The molecule has 0 saturated carbocycles. The summed E-state index contributed by atoms with van der Waals surface area (Å²) in [5, 5.41) is 0.755. The van der Waals surface area contributed by atoms with E-state index >= 15 is 0 Å². The second kappa shape index (κ2) is 5.98. The Balaban J connectivity index is 2.19. The van der Waals surface area contributed by atoms with Gasteiger partial charge >= 0.3 is 0 Å². The van der Waals surface area contributed by atoms with Gasteiger partial charge in [-0.15, -0.1) is 0 Å². The molecule has 0 spiro atoms. The highest BCUT2D eigenvalue weighted by Crippen LogP contribution is 2.21. The Morgan fingerprint density at radius 1 is 1.33 bits per heavy atom. The van der Waals surface area contributed by atoms with E-state index in [1.165, 1.54) is 11.1 Å². The fourth-order valence-electron chi connectivity index (χ4n) is 2.12. The number of nitrogens with zero attached hydrogens (tertiary/aromatic N) is 1. The van der Waals surface area contributed by atoms with Crippen LogP contribution in [0.25, 0.3) is 0 Å². The van der Waals surface area contributed by atoms with Crippen molar-refractivity contribution in [1.29, 1.82) is 0 Å². The molecule has 0 aliphatic heterocycles. The van der Waals surface area contributed by atoms with Crippen molar-refractivity contribution in [2.75, 3.05) is 0 Å². The van der Waals surface area contributed by atoms with Crippen LogP contribution in [0.1, 0.15) is 29.7 Å². The van der Waals surface area contributed by atoms with Gasteiger partial charge in [-0.1, -0.05) is 30.7 Å². The molecule has 2 N–H and O–H groups in total. The van der Waals surface area contributed by atoms with E-state index in [9.17, 15) is 0 Å². The molecule has 3 heteroatoms. The molecular weight excluding hydrogens is 244 g/mol. The van der Waals surface area contributed by atoms with Crippen LogP contribution in [0.3, 0.4) is 0 Å². The molecule has 0 aliphatic rings. The average molecular weight is 261 g/mol. The molecular formula is C15H17ClN2. The molecule has 0 saturated heterocycles. The first-order valence-corrected chi connectivity index (χ1v) is 6.51. The van der Waals surface area contributed by atoms with Gasteiger partial charge < -0.3 is 5.73 Å². The molecule has 1 aromatic carbocycles. The number of hydrogen-bond donors (Lipinski definition) is 1. The Bertz CT molecular complexity index is 525. The van der Waals surface area contributed by atoms with Crippen molar-refractivity contribution in [1.82, 2.24) is 4.98 Å². The quantitative estimate of drug-likeness (QED) is 0.913. The third-order valence-electron chi connectivity index (χ3n) is 3.07. The number of aryl methyl sites for hydroxylation is 1. The van der Waals surface area contributed by atoms with Crippen LogP contribution in [0.5, 0.6) is 0 Å². The van der Waals surface area contributed by atoms with Crippen LogP contribution >= 0.6 is 11.6 Å². The van der Waals surface area contributed by atoms with Gasteiger partial charge in [-0.05, 0) is 47.7 Å². The minimum Gasteiger partial charge on any atom is -0.324 e. The Morgan fingerprint density at radius 3 is 2.89 bits per heavy atom. The van der Waals surface area contributed by atoms with E-state index in [-0.39, 0.29) is 6.04 Å². The minimum atomic E-state index is -0.0126. The first-order chi connectivity index (χ1) is 8.70. The zero-order valence-electron chi connectivity index (χ0n) is 10.4. The van der Waals surface area contributed by atoms with E-state index in [1.807, 2.05) is 30.5 Å². The zero-order chi connectivity index (χ0) is 13.0. The lowest BCUT2D eigenvalue weighted by molar-refractivity contribution is 0.710. The standard InChI is InChI=1S/C15H17ClN2/c1-2-12-10-18-7-6-14(12)15(17)9-11-4-3-5-13(16)8-11/h3-8,10,15H,2,9,17H2,1H3. The lowest BCUT2D eigenvalue weighted by Crippen LogP contribution is -2.15. The van der Waals surface area contributed by atoms with Crippen LogP contribution in [-0.4, -0.2) is 4.98 Å². The Labute approximate surface area is 113 Å². The molecule has 2 aromatic rings. The van der Waals surface area contributed by atoms with Crippen LogP contribution in [0.15, 0.2) is 42.7 Å². The number of pyridine rings is 1. The van der Waals surface area contributed by atoms with Crippen LogP contribution in [0, 0.1) is 0 Å². The number of hydrogen-bond acceptors (Lipinski definition) is 2. The molecule has 2 rings (SSSR count). The number of rotatable bonds is 4. The van der Waals surface area contributed by atoms with Crippen LogP contribution < -0.4 is 5.73 Å². The third kappa shape index (κ3) is 3.09. The van der Waals surface area contributed by atoms with E-state index in [0.717, 1.165) is 23.4 Å². The molecule has 0 aliphatic carbocycles. The van der Waals surface area contributed by atoms with Crippen LogP contribution in [0.4, 0.5) is 0 Å². The monoisotopic (exact) mass is 260 g/mol. The smallest absolute Gasteiger partial charge is 0.0408 e. The maximum Gasteiger partial charge on any atom is 0.0408 e. The summed E-state index contributed by atoms with van der Waals surface area (Å²) in [7, 11) is 0. The number of halogens is 1. The van der Waals surface area contributed by atoms with E-state index in [1.54, 1.807) is 6.20 Å². The van der Waals surface area contributed by atoms with Gasteiger partial charge in [0.25, 0.3) is 0 Å². The first kappa shape index (κ1) is 13.1. The van der Waals surface area contributed by atoms with E-state index in [2.05, 4.69) is 18.0 Å². The normalized spacial score (nSPS) is 12.4. The molecule has 94 valence electrons. The predicted octanol–water partition coefficient (Wildman–Crippen LogP) is 3.54. The van der Waals surface area contributed by atoms with Crippen molar-refractivity contribution in [3.8, 4) is 0 Å². The summed E-state index contributed by atoms with van der Waals surface area (Å²) in [6.45, 7) is 2.12. The summed E-state index contributed by atoms with van der Waals surface area (Å²) >= 11 is 5.98. The summed E-state index contributed by atoms with van der Waals surface area (Å²) in [5.41, 5.74) is 9.83. The molecule has 0 bridgehead atoms. The van der Waals surface area contributed by atoms with Gasteiger partial charge in [0, 0.05) is 23.5 Å². The van der Waals surface area contributed by atoms with Crippen molar-refractivity contribution in [2.45, 2.75) is 25.8 Å². The van der Waals surface area contributed by atoms with E-state index in [0.29, 0.717) is 0 Å². The molecule has 18 heavy (non-hydrogen) atoms. The Morgan fingerprint density at radius 2 is 2.17 bits per heavy atom. The molecule has 1 atom stereocenters. The molecule has 0 fully saturated rings. The van der Waals surface area contributed by atoms with E-state index in [4.69, 9.17) is 17.3 Å². The van der Waals surface area contributed by atoms with Gasteiger partial charge in [-0.2, -0.15) is 0 Å². The summed E-state index contributed by atoms with van der Waals surface area (Å²) < 4.78 is 0. The van der Waals surface area contributed by atoms with Gasteiger partial charge in [-0.3, -0.25) is 4.98 Å². The first-order valence-electron chi connectivity index (χ1n) is 6.13. The number of benzene rings is 1. The molecule has 1 heterocycles. The minimum absolute atomic E-state index is 0.0126. The van der Waals surface area contributed by atoms with Crippen molar-refractivity contribution < 1.29 is 0 Å². The fraction of sp³-hybridized carbons (Fsp3) is 0.267. The Hall–Kier alpha value is -1.38. The lowest BCUT2D eigenvalue weighted by Gasteiger charge is -2.15. The summed E-state index contributed by atoms with van der Waals surface area (Å²) in [5.74, 6) is 0. The molecule has 1 aromatic heterocycles. The number of nitrogens with two attached hydrogens (primary N) is 1. The summed E-state index contributed by atoms with van der Waals surface area (Å²) in [4.78, 5) is 4.14. The van der Waals surface area contributed by atoms with Crippen molar-refractivity contribution in [3.05, 3.63) is 64.4 Å². The Kier molecular flexibility index (Phi) is 4.34. The SMILES string of the molecule is CCc1cnccc1C(N)Cc1cccc(Cl)c1. The molecule has 0 radical (unpaired) electrons. The second-order valence-corrected chi connectivity index (χ2v) is 4.81. The van der Waals surface area contributed by atoms with Crippen molar-refractivity contribution in [3.63, 3.8) is 0 Å². The average Bonchev–Trinajstić information content (AvgIpc) is 2.38.